The van der Waals surface area contributed by atoms with Crippen molar-refractivity contribution in [1.29, 1.82) is 0 Å². The van der Waals surface area contributed by atoms with Crippen molar-refractivity contribution in [2.75, 3.05) is 19.0 Å². The molecule has 0 spiro atoms. The molecule has 130 valence electrons. The number of aromatic nitrogens is 1. The van der Waals surface area contributed by atoms with E-state index in [1.807, 2.05) is 30.3 Å². The highest BCUT2D eigenvalue weighted by atomic mass is 32.1. The number of ether oxygens (including phenoxy) is 1. The van der Waals surface area contributed by atoms with Crippen LogP contribution in [0.2, 0.25) is 0 Å². The Hall–Kier alpha value is -2.60. The van der Waals surface area contributed by atoms with Gasteiger partial charge in [0.05, 0.1) is 17.3 Å². The van der Waals surface area contributed by atoms with Crippen molar-refractivity contribution in [2.24, 2.45) is 0 Å². The molecule has 0 saturated heterocycles. The maximum atomic E-state index is 12.1. The van der Waals surface area contributed by atoms with Crippen molar-refractivity contribution < 1.29 is 9.53 Å². The molecule has 0 aliphatic heterocycles. The lowest BCUT2D eigenvalue weighted by molar-refractivity contribution is 0.252. The fourth-order valence-corrected chi connectivity index (χ4v) is 3.45. The molecule has 3 rings (SSSR count). The summed E-state index contributed by atoms with van der Waals surface area (Å²) in [5, 5.41) is 6.30. The molecule has 2 amide bonds. The lowest BCUT2D eigenvalue weighted by Crippen LogP contribution is -2.30. The summed E-state index contributed by atoms with van der Waals surface area (Å²) in [5.74, 6) is 0.829. The van der Waals surface area contributed by atoms with Crippen molar-refractivity contribution in [3.05, 3.63) is 53.1 Å². The summed E-state index contributed by atoms with van der Waals surface area (Å²) in [6.45, 7) is 4.67. The van der Waals surface area contributed by atoms with Crippen LogP contribution in [0.25, 0.3) is 10.2 Å². The number of fused-ring (bicyclic) bond motifs is 1. The van der Waals surface area contributed by atoms with Crippen molar-refractivity contribution in [3.8, 4) is 5.75 Å². The number of carbonyl (C=O) groups excluding carboxylic acids is 1. The summed E-state index contributed by atoms with van der Waals surface area (Å²) < 4.78 is 6.21. The van der Waals surface area contributed by atoms with E-state index in [1.165, 1.54) is 16.9 Å². The molecule has 0 aliphatic rings. The summed E-state index contributed by atoms with van der Waals surface area (Å²) in [6.07, 6.45) is 0.759. The highest BCUT2D eigenvalue weighted by Crippen LogP contribution is 2.29. The fourth-order valence-electron chi connectivity index (χ4n) is 2.53. The van der Waals surface area contributed by atoms with Crippen molar-refractivity contribution in [1.82, 2.24) is 10.3 Å². The third-order valence-electron chi connectivity index (χ3n) is 4.16. The number of hydrogen-bond acceptors (Lipinski definition) is 4. The Morgan fingerprint density at radius 1 is 1.16 bits per heavy atom. The molecule has 0 aliphatic carbocycles. The number of hydrogen-bond donors (Lipinski definition) is 2. The lowest BCUT2D eigenvalue weighted by Gasteiger charge is -2.06. The molecular formula is C19H21N3O2S. The zero-order valence-electron chi connectivity index (χ0n) is 14.6. The first-order valence-electron chi connectivity index (χ1n) is 8.11. The number of carbonyl (C=O) groups is 1. The van der Waals surface area contributed by atoms with E-state index >= 15 is 0 Å². The van der Waals surface area contributed by atoms with Gasteiger partial charge in [0, 0.05) is 6.54 Å². The fraction of sp³-hybridized carbons (Fsp3) is 0.263. The lowest BCUT2D eigenvalue weighted by atomic mass is 10.1. The summed E-state index contributed by atoms with van der Waals surface area (Å²) in [5.41, 5.74) is 4.46. The Morgan fingerprint density at radius 2 is 1.92 bits per heavy atom. The molecule has 5 nitrogen and oxygen atoms in total. The molecule has 0 radical (unpaired) electrons. The molecule has 0 saturated carbocycles. The van der Waals surface area contributed by atoms with E-state index in [0.29, 0.717) is 11.7 Å². The smallest absolute Gasteiger partial charge is 0.321 e. The summed E-state index contributed by atoms with van der Waals surface area (Å²) in [4.78, 5) is 16.6. The highest BCUT2D eigenvalue weighted by molar-refractivity contribution is 7.22. The van der Waals surface area contributed by atoms with Gasteiger partial charge in [0.2, 0.25) is 0 Å². The van der Waals surface area contributed by atoms with Gasteiger partial charge >= 0.3 is 6.03 Å². The Balaban J connectivity index is 1.54. The first kappa shape index (κ1) is 17.2. The summed E-state index contributed by atoms with van der Waals surface area (Å²) >= 11 is 1.49. The molecule has 3 aromatic rings. The standard InChI is InChI=1S/C19H21N3O2S/c1-12-4-9-16-17(13(12)2)21-19(25-16)22-18(23)20-11-10-14-5-7-15(24-3)8-6-14/h4-9H,10-11H2,1-3H3,(H2,20,21,22,23). The Kier molecular flexibility index (Phi) is 5.19. The number of thiazole rings is 1. The van der Waals surface area contributed by atoms with Crippen LogP contribution in [0.4, 0.5) is 9.93 Å². The SMILES string of the molecule is COc1ccc(CCNC(=O)Nc2nc3c(C)c(C)ccc3s2)cc1. The number of anilines is 1. The van der Waals surface area contributed by atoms with Gasteiger partial charge < -0.3 is 10.1 Å². The normalized spacial score (nSPS) is 10.7. The molecule has 2 aromatic carbocycles. The largest absolute Gasteiger partial charge is 0.497 e. The number of nitrogens with zero attached hydrogens (tertiary/aromatic N) is 1. The molecular weight excluding hydrogens is 334 g/mol. The first-order chi connectivity index (χ1) is 12.1. The van der Waals surface area contributed by atoms with Crippen LogP contribution in [0.1, 0.15) is 16.7 Å². The minimum Gasteiger partial charge on any atom is -0.497 e. The second-order valence-electron chi connectivity index (χ2n) is 5.85. The topological polar surface area (TPSA) is 63.2 Å². The molecule has 6 heteroatoms. The number of amides is 2. The number of rotatable bonds is 5. The van der Waals surface area contributed by atoms with E-state index in [-0.39, 0.29) is 6.03 Å². The van der Waals surface area contributed by atoms with E-state index in [2.05, 4.69) is 35.5 Å². The van der Waals surface area contributed by atoms with Gasteiger partial charge in [0.15, 0.2) is 5.13 Å². The van der Waals surface area contributed by atoms with Gasteiger partial charge in [-0.1, -0.05) is 29.5 Å². The van der Waals surface area contributed by atoms with Crippen LogP contribution in [-0.4, -0.2) is 24.7 Å². The van der Waals surface area contributed by atoms with E-state index in [1.54, 1.807) is 7.11 Å². The monoisotopic (exact) mass is 355 g/mol. The van der Waals surface area contributed by atoms with Crippen molar-refractivity contribution in [2.45, 2.75) is 20.3 Å². The van der Waals surface area contributed by atoms with Crippen molar-refractivity contribution >= 4 is 32.7 Å². The molecule has 0 fully saturated rings. The van der Waals surface area contributed by atoms with E-state index in [0.717, 1.165) is 33.5 Å². The third-order valence-corrected chi connectivity index (χ3v) is 5.10. The molecule has 1 heterocycles. The molecule has 0 bridgehead atoms. The van der Waals surface area contributed by atoms with Crippen LogP contribution in [0, 0.1) is 13.8 Å². The maximum absolute atomic E-state index is 12.1. The Morgan fingerprint density at radius 3 is 2.64 bits per heavy atom. The average Bonchev–Trinajstić information content (AvgIpc) is 3.02. The van der Waals surface area contributed by atoms with E-state index < -0.39 is 0 Å². The minimum atomic E-state index is -0.234. The van der Waals surface area contributed by atoms with E-state index in [4.69, 9.17) is 4.74 Å². The van der Waals surface area contributed by atoms with Crippen LogP contribution in [-0.2, 0) is 6.42 Å². The highest BCUT2D eigenvalue weighted by Gasteiger charge is 2.10. The number of nitrogens with one attached hydrogen (secondary N) is 2. The predicted octanol–water partition coefficient (Wildman–Crippen LogP) is 4.29. The van der Waals surface area contributed by atoms with Gasteiger partial charge in [0.1, 0.15) is 5.75 Å². The quantitative estimate of drug-likeness (QED) is 0.718. The second kappa shape index (κ2) is 7.53. The zero-order valence-corrected chi connectivity index (χ0v) is 15.4. The van der Waals surface area contributed by atoms with Crippen LogP contribution >= 0.6 is 11.3 Å². The zero-order chi connectivity index (χ0) is 17.8. The number of methoxy groups -OCH3 is 1. The van der Waals surface area contributed by atoms with Crippen LogP contribution in [0.5, 0.6) is 5.75 Å². The molecule has 1 aromatic heterocycles. The molecule has 0 atom stereocenters. The third kappa shape index (κ3) is 4.09. The molecule has 25 heavy (non-hydrogen) atoms. The van der Waals surface area contributed by atoms with Gasteiger partial charge in [-0.25, -0.2) is 9.78 Å². The molecule has 0 unspecified atom stereocenters. The first-order valence-corrected chi connectivity index (χ1v) is 8.93. The average molecular weight is 355 g/mol. The number of aryl methyl sites for hydroxylation is 2. The number of urea groups is 1. The van der Waals surface area contributed by atoms with Crippen LogP contribution in [0.15, 0.2) is 36.4 Å². The Labute approximate surface area is 151 Å². The number of benzene rings is 2. The van der Waals surface area contributed by atoms with Gasteiger partial charge in [-0.05, 0) is 55.2 Å². The Bertz CT molecular complexity index is 888. The second-order valence-corrected chi connectivity index (χ2v) is 6.88. The van der Waals surface area contributed by atoms with Crippen LogP contribution in [0.3, 0.4) is 0 Å². The van der Waals surface area contributed by atoms with Gasteiger partial charge in [-0.3, -0.25) is 5.32 Å². The van der Waals surface area contributed by atoms with Gasteiger partial charge in [-0.2, -0.15) is 0 Å². The minimum absolute atomic E-state index is 0.234. The van der Waals surface area contributed by atoms with Crippen LogP contribution < -0.4 is 15.4 Å². The summed E-state index contributed by atoms with van der Waals surface area (Å²) in [7, 11) is 1.64. The van der Waals surface area contributed by atoms with E-state index in [9.17, 15) is 4.79 Å². The van der Waals surface area contributed by atoms with Gasteiger partial charge in [-0.15, -0.1) is 0 Å². The predicted molar refractivity (Wildman–Crippen MR) is 103 cm³/mol. The summed E-state index contributed by atoms with van der Waals surface area (Å²) in [6, 6.07) is 11.7. The molecule has 2 N–H and O–H groups in total. The maximum Gasteiger partial charge on any atom is 0.321 e. The van der Waals surface area contributed by atoms with Crippen molar-refractivity contribution in [3.63, 3.8) is 0 Å². The van der Waals surface area contributed by atoms with Gasteiger partial charge in [0.25, 0.3) is 0 Å².